The number of hydrogen-bond donors (Lipinski definition) is 1. The molecule has 0 aliphatic heterocycles. The van der Waals surface area contributed by atoms with Gasteiger partial charge in [0.25, 0.3) is 0 Å². The monoisotopic (exact) mass is 272 g/mol. The van der Waals surface area contributed by atoms with Crippen LogP contribution in [0.4, 0.5) is 10.1 Å². The highest BCUT2D eigenvalue weighted by molar-refractivity contribution is 7.18. The quantitative estimate of drug-likeness (QED) is 0.766. The van der Waals surface area contributed by atoms with Crippen LogP contribution >= 0.6 is 11.3 Å². The van der Waals surface area contributed by atoms with Crippen LogP contribution in [0.15, 0.2) is 42.5 Å². The lowest BCUT2D eigenvalue weighted by Crippen LogP contribution is -1.98. The molecular weight excluding hydrogens is 259 g/mol. The molecule has 96 valence electrons. The summed E-state index contributed by atoms with van der Waals surface area (Å²) in [5, 5.41) is 4.28. The molecule has 0 spiro atoms. The normalized spacial score (nSPS) is 10.8. The Kier molecular flexibility index (Phi) is 3.17. The van der Waals surface area contributed by atoms with Crippen molar-refractivity contribution in [1.29, 1.82) is 0 Å². The lowest BCUT2D eigenvalue weighted by atomic mass is 10.2. The number of aryl methyl sites for hydroxylation is 1. The van der Waals surface area contributed by atoms with Crippen LogP contribution in [0.3, 0.4) is 0 Å². The maximum Gasteiger partial charge on any atom is 0.125 e. The van der Waals surface area contributed by atoms with E-state index >= 15 is 0 Å². The fourth-order valence-corrected chi connectivity index (χ4v) is 2.76. The summed E-state index contributed by atoms with van der Waals surface area (Å²) in [6, 6.07) is 12.9. The molecule has 0 saturated carbocycles. The predicted octanol–water partition coefficient (Wildman–Crippen LogP) is 4.36. The summed E-state index contributed by atoms with van der Waals surface area (Å²) in [5.41, 5.74) is 3.03. The Morgan fingerprint density at radius 1 is 1.16 bits per heavy atom. The molecule has 0 fully saturated rings. The molecule has 0 unspecified atom stereocenters. The highest BCUT2D eigenvalue weighted by Gasteiger charge is 2.04. The minimum Gasteiger partial charge on any atom is -0.379 e. The second-order valence-electron chi connectivity index (χ2n) is 4.44. The van der Waals surface area contributed by atoms with Crippen LogP contribution in [-0.4, -0.2) is 4.98 Å². The Morgan fingerprint density at radius 2 is 1.95 bits per heavy atom. The Labute approximate surface area is 114 Å². The third-order valence-corrected chi connectivity index (χ3v) is 3.93. The van der Waals surface area contributed by atoms with Gasteiger partial charge in [0.1, 0.15) is 10.8 Å². The molecule has 0 atom stereocenters. The average Bonchev–Trinajstić information content (AvgIpc) is 2.80. The van der Waals surface area contributed by atoms with E-state index in [1.807, 2.05) is 12.1 Å². The number of nitrogens with one attached hydrogen (secondary N) is 1. The zero-order chi connectivity index (χ0) is 13.2. The largest absolute Gasteiger partial charge is 0.379 e. The van der Waals surface area contributed by atoms with Gasteiger partial charge in [0, 0.05) is 11.8 Å². The van der Waals surface area contributed by atoms with Gasteiger partial charge in [-0.15, -0.1) is 11.3 Å². The van der Waals surface area contributed by atoms with Crippen molar-refractivity contribution >= 4 is 27.2 Å². The summed E-state index contributed by atoms with van der Waals surface area (Å²) in [6.07, 6.45) is 0. The third kappa shape index (κ3) is 2.74. The van der Waals surface area contributed by atoms with Gasteiger partial charge in [-0.2, -0.15) is 0 Å². The molecule has 0 aliphatic carbocycles. The topological polar surface area (TPSA) is 24.9 Å². The minimum atomic E-state index is -0.240. The van der Waals surface area contributed by atoms with Crippen LogP contribution in [0.2, 0.25) is 0 Å². The van der Waals surface area contributed by atoms with E-state index < -0.39 is 0 Å². The van der Waals surface area contributed by atoms with Gasteiger partial charge in [0.15, 0.2) is 0 Å². The summed E-state index contributed by atoms with van der Waals surface area (Å²) in [5.74, 6) is -0.240. The van der Waals surface area contributed by atoms with Crippen LogP contribution in [0.1, 0.15) is 10.6 Å². The number of aromatic nitrogens is 1. The first-order valence-electron chi connectivity index (χ1n) is 6.06. The van der Waals surface area contributed by atoms with Gasteiger partial charge in [0.2, 0.25) is 0 Å². The smallest absolute Gasteiger partial charge is 0.125 e. The summed E-state index contributed by atoms with van der Waals surface area (Å²) in [7, 11) is 0. The standard InChI is InChI=1S/C15H13FN2S/c1-10-2-5-12(6-3-10)17-9-15-18-13-8-11(16)4-7-14(13)19-15/h2-8,17H,9H2,1H3. The zero-order valence-corrected chi connectivity index (χ0v) is 11.3. The molecule has 0 amide bonds. The Balaban J connectivity index is 1.76. The molecule has 3 aromatic rings. The molecule has 0 saturated heterocycles. The summed E-state index contributed by atoms with van der Waals surface area (Å²) in [4.78, 5) is 4.42. The molecule has 1 aromatic heterocycles. The van der Waals surface area contributed by atoms with Gasteiger partial charge >= 0.3 is 0 Å². The maximum absolute atomic E-state index is 13.1. The lowest BCUT2D eigenvalue weighted by Gasteiger charge is -2.03. The van der Waals surface area contributed by atoms with E-state index in [1.165, 1.54) is 17.7 Å². The second kappa shape index (κ2) is 4.97. The maximum atomic E-state index is 13.1. The van der Waals surface area contributed by atoms with Crippen molar-refractivity contribution in [3.8, 4) is 0 Å². The van der Waals surface area contributed by atoms with E-state index in [4.69, 9.17) is 0 Å². The van der Waals surface area contributed by atoms with Crippen molar-refractivity contribution in [2.24, 2.45) is 0 Å². The molecule has 19 heavy (non-hydrogen) atoms. The Hall–Kier alpha value is -1.94. The molecule has 1 N–H and O–H groups in total. The zero-order valence-electron chi connectivity index (χ0n) is 10.5. The molecule has 0 bridgehead atoms. The number of rotatable bonds is 3. The molecule has 0 aliphatic rings. The van der Waals surface area contributed by atoms with Crippen LogP contribution in [0, 0.1) is 12.7 Å². The third-order valence-electron chi connectivity index (χ3n) is 2.89. The summed E-state index contributed by atoms with van der Waals surface area (Å²) < 4.78 is 14.1. The summed E-state index contributed by atoms with van der Waals surface area (Å²) >= 11 is 1.59. The van der Waals surface area contributed by atoms with Crippen molar-refractivity contribution in [1.82, 2.24) is 4.98 Å². The van der Waals surface area contributed by atoms with E-state index in [0.29, 0.717) is 6.54 Å². The van der Waals surface area contributed by atoms with Crippen LogP contribution in [-0.2, 0) is 6.54 Å². The Bertz CT molecular complexity index is 704. The minimum absolute atomic E-state index is 0.240. The fraction of sp³-hybridized carbons (Fsp3) is 0.133. The van der Waals surface area contributed by atoms with Crippen molar-refractivity contribution in [2.75, 3.05) is 5.32 Å². The van der Waals surface area contributed by atoms with E-state index in [-0.39, 0.29) is 5.82 Å². The van der Waals surface area contributed by atoms with Crippen molar-refractivity contribution in [3.05, 3.63) is 58.9 Å². The lowest BCUT2D eigenvalue weighted by molar-refractivity contribution is 0.629. The van der Waals surface area contributed by atoms with Crippen LogP contribution in [0.25, 0.3) is 10.2 Å². The second-order valence-corrected chi connectivity index (χ2v) is 5.55. The highest BCUT2D eigenvalue weighted by Crippen LogP contribution is 2.23. The van der Waals surface area contributed by atoms with E-state index in [2.05, 4.69) is 29.4 Å². The first kappa shape index (κ1) is 12.1. The van der Waals surface area contributed by atoms with Gasteiger partial charge in [-0.25, -0.2) is 9.37 Å². The molecular formula is C15H13FN2S. The molecule has 2 nitrogen and oxygen atoms in total. The van der Waals surface area contributed by atoms with Gasteiger partial charge in [-0.1, -0.05) is 17.7 Å². The molecule has 1 heterocycles. The highest BCUT2D eigenvalue weighted by atomic mass is 32.1. The number of thiazole rings is 1. The number of benzene rings is 2. The fourth-order valence-electron chi connectivity index (χ4n) is 1.87. The first-order chi connectivity index (χ1) is 9.20. The van der Waals surface area contributed by atoms with Gasteiger partial charge in [-0.05, 0) is 31.2 Å². The molecule has 4 heteroatoms. The number of nitrogens with zero attached hydrogens (tertiary/aromatic N) is 1. The predicted molar refractivity (Wildman–Crippen MR) is 78.1 cm³/mol. The van der Waals surface area contributed by atoms with E-state index in [0.717, 1.165) is 20.9 Å². The number of hydrogen-bond acceptors (Lipinski definition) is 3. The van der Waals surface area contributed by atoms with Crippen LogP contribution < -0.4 is 5.32 Å². The number of fused-ring (bicyclic) bond motifs is 1. The first-order valence-corrected chi connectivity index (χ1v) is 6.88. The van der Waals surface area contributed by atoms with E-state index in [1.54, 1.807) is 17.4 Å². The number of anilines is 1. The SMILES string of the molecule is Cc1ccc(NCc2nc3cc(F)ccc3s2)cc1. The van der Waals surface area contributed by atoms with Gasteiger partial charge < -0.3 is 5.32 Å². The summed E-state index contributed by atoms with van der Waals surface area (Å²) in [6.45, 7) is 2.72. The Morgan fingerprint density at radius 3 is 2.74 bits per heavy atom. The molecule has 0 radical (unpaired) electrons. The van der Waals surface area contributed by atoms with Gasteiger partial charge in [-0.3, -0.25) is 0 Å². The van der Waals surface area contributed by atoms with E-state index in [9.17, 15) is 4.39 Å². The molecule has 2 aromatic carbocycles. The number of halogens is 1. The van der Waals surface area contributed by atoms with Crippen molar-refractivity contribution in [3.63, 3.8) is 0 Å². The van der Waals surface area contributed by atoms with Gasteiger partial charge in [0.05, 0.1) is 16.8 Å². The molecule has 3 rings (SSSR count). The van der Waals surface area contributed by atoms with Crippen molar-refractivity contribution in [2.45, 2.75) is 13.5 Å². The average molecular weight is 272 g/mol. The van der Waals surface area contributed by atoms with Crippen LogP contribution in [0.5, 0.6) is 0 Å². The van der Waals surface area contributed by atoms with Crippen molar-refractivity contribution < 1.29 is 4.39 Å².